The average molecular weight is 550 g/mol. The van der Waals surface area contributed by atoms with Crippen molar-refractivity contribution in [3.8, 4) is 23.0 Å². The number of rotatable bonds is 4. The van der Waals surface area contributed by atoms with E-state index < -0.39 is 23.1 Å². The predicted octanol–water partition coefficient (Wildman–Crippen LogP) is 3.97. The highest BCUT2D eigenvalue weighted by Gasteiger charge is 2.41. The van der Waals surface area contributed by atoms with Crippen LogP contribution in [0.3, 0.4) is 0 Å². The molecule has 3 aromatic rings. The van der Waals surface area contributed by atoms with Crippen LogP contribution in [0.4, 0.5) is 8.78 Å². The van der Waals surface area contributed by atoms with Gasteiger partial charge in [-0.3, -0.25) is 14.2 Å². The minimum Gasteiger partial charge on any atom is -0.380 e. The van der Waals surface area contributed by atoms with Crippen LogP contribution in [-0.2, 0) is 11.3 Å². The fourth-order valence-corrected chi connectivity index (χ4v) is 5.03. The molecule has 1 unspecified atom stereocenters. The zero-order valence-electron chi connectivity index (χ0n) is 18.7. The molecule has 1 N–H and O–H groups in total. The second-order valence-electron chi connectivity index (χ2n) is 8.91. The van der Waals surface area contributed by atoms with Crippen LogP contribution < -0.4 is 5.56 Å². The molecule has 0 radical (unpaired) electrons. The minimum absolute atomic E-state index is 0.0124. The molecule has 178 valence electrons. The summed E-state index contributed by atoms with van der Waals surface area (Å²) in [6.45, 7) is 4.80. The van der Waals surface area contributed by atoms with Gasteiger partial charge in [0, 0.05) is 5.56 Å². The Labute approximate surface area is 207 Å². The van der Waals surface area contributed by atoms with Crippen molar-refractivity contribution in [2.45, 2.75) is 39.1 Å². The number of aromatic nitrogens is 2. The number of halogens is 3. The van der Waals surface area contributed by atoms with Gasteiger partial charge in [0.15, 0.2) is 0 Å². The van der Waals surface area contributed by atoms with E-state index in [9.17, 15) is 23.5 Å². The number of carbonyl (C=O) groups excluding carboxylic acids is 1. The van der Waals surface area contributed by atoms with Crippen molar-refractivity contribution in [1.29, 1.82) is 0 Å². The minimum atomic E-state index is -1.41. The maximum Gasteiger partial charge on any atom is 0.263 e. The van der Waals surface area contributed by atoms with Gasteiger partial charge in [0.1, 0.15) is 29.0 Å². The summed E-state index contributed by atoms with van der Waals surface area (Å²) in [4.78, 5) is 32.6. The van der Waals surface area contributed by atoms with Gasteiger partial charge in [-0.1, -0.05) is 31.8 Å². The van der Waals surface area contributed by atoms with Crippen LogP contribution in [0, 0.1) is 23.6 Å². The lowest BCUT2D eigenvalue weighted by molar-refractivity contribution is -0.144. The van der Waals surface area contributed by atoms with E-state index in [1.54, 1.807) is 6.07 Å². The molecule has 10 heteroatoms. The molecule has 3 heterocycles. The summed E-state index contributed by atoms with van der Waals surface area (Å²) in [5.74, 6) is 4.83. The quantitative estimate of drug-likeness (QED) is 0.500. The lowest BCUT2D eigenvalue weighted by atomic mass is 9.99. The van der Waals surface area contributed by atoms with Gasteiger partial charge >= 0.3 is 0 Å². The number of carbonyl (C=O) groups is 1. The molecule has 1 amide bonds. The van der Waals surface area contributed by atoms with Gasteiger partial charge in [0.2, 0.25) is 5.91 Å². The first-order chi connectivity index (χ1) is 16.0. The fourth-order valence-electron chi connectivity index (χ4n) is 3.63. The van der Waals surface area contributed by atoms with Crippen molar-refractivity contribution >= 4 is 43.4 Å². The molecular weight excluding hydrogens is 528 g/mol. The van der Waals surface area contributed by atoms with E-state index in [0.717, 1.165) is 0 Å². The highest BCUT2D eigenvalue weighted by Crippen LogP contribution is 2.37. The van der Waals surface area contributed by atoms with E-state index in [1.165, 1.54) is 46.2 Å². The fraction of sp³-hybridized carbons (Fsp3) is 0.375. The Bertz CT molecular complexity index is 1400. The molecule has 1 saturated heterocycles. The van der Waals surface area contributed by atoms with E-state index >= 15 is 0 Å². The lowest BCUT2D eigenvalue weighted by Crippen LogP contribution is -2.60. The molecular formula is C24H22BrF2N3O3S. The number of likely N-dealkylation sites (tertiary alicyclic amines) is 1. The topological polar surface area (TPSA) is 75.4 Å². The maximum atomic E-state index is 13.9. The Morgan fingerprint density at radius 3 is 2.71 bits per heavy atom. The number of hydrogen-bond donors (Lipinski definition) is 1. The van der Waals surface area contributed by atoms with Crippen LogP contribution in [-0.4, -0.2) is 50.3 Å². The highest BCUT2D eigenvalue weighted by molar-refractivity contribution is 9.10. The summed E-state index contributed by atoms with van der Waals surface area (Å²) in [6.07, 6.45) is 0.427. The smallest absolute Gasteiger partial charge is 0.263 e. The number of benzene rings is 1. The summed E-state index contributed by atoms with van der Waals surface area (Å²) in [5, 5.41) is 10.4. The van der Waals surface area contributed by atoms with Crippen LogP contribution in [0.2, 0.25) is 0 Å². The van der Waals surface area contributed by atoms with E-state index in [4.69, 9.17) is 0 Å². The number of aliphatic hydroxyl groups excluding tert-OH is 1. The summed E-state index contributed by atoms with van der Waals surface area (Å²) in [7, 11) is 0. The number of thiophene rings is 1. The van der Waals surface area contributed by atoms with E-state index in [2.05, 4.69) is 32.8 Å². The SMILES string of the molecule is CC(C)C(O)C#Cc1sc2ncn(CC(=O)N3CC(C)(F)C3)c(=O)c2c1-c1ccc(F)c(Br)c1. The molecule has 0 bridgehead atoms. The number of nitrogens with zero attached hydrogens (tertiary/aromatic N) is 3. The van der Waals surface area contributed by atoms with Crippen LogP contribution >= 0.6 is 27.3 Å². The molecule has 34 heavy (non-hydrogen) atoms. The highest BCUT2D eigenvalue weighted by atomic mass is 79.9. The molecule has 0 spiro atoms. The molecule has 0 saturated carbocycles. The number of aliphatic hydroxyl groups is 1. The molecule has 0 aliphatic carbocycles. The molecule has 1 atom stereocenters. The molecule has 1 aromatic carbocycles. The summed E-state index contributed by atoms with van der Waals surface area (Å²) in [6, 6.07) is 4.36. The first-order valence-electron chi connectivity index (χ1n) is 10.6. The maximum absolute atomic E-state index is 13.9. The molecule has 2 aromatic heterocycles. The Hall–Kier alpha value is -2.61. The van der Waals surface area contributed by atoms with Gasteiger partial charge in [-0.05, 0) is 46.5 Å². The van der Waals surface area contributed by atoms with Crippen molar-refractivity contribution < 1.29 is 18.7 Å². The first-order valence-corrected chi connectivity index (χ1v) is 12.2. The van der Waals surface area contributed by atoms with Crippen LogP contribution in [0.5, 0.6) is 0 Å². The van der Waals surface area contributed by atoms with Gasteiger partial charge in [-0.25, -0.2) is 13.8 Å². The number of fused-ring (bicyclic) bond motifs is 1. The first kappa shape index (κ1) is 24.5. The Balaban J connectivity index is 1.83. The standard InChI is InChI=1S/C24H22BrF2N3O3S/c1-13(2)17(31)6-7-18-20(14-4-5-16(26)15(25)8-14)21-22(34-18)28-12-29(23(21)33)9-19(32)30-10-24(3,27)11-30/h4-5,8,12-13,17,31H,9-11H2,1-3H3. The second-order valence-corrected chi connectivity index (χ2v) is 10.8. The predicted molar refractivity (Wildman–Crippen MR) is 131 cm³/mol. The van der Waals surface area contributed by atoms with Gasteiger partial charge in [-0.2, -0.15) is 0 Å². The Morgan fingerprint density at radius 2 is 2.09 bits per heavy atom. The third-order valence-electron chi connectivity index (χ3n) is 5.55. The summed E-state index contributed by atoms with van der Waals surface area (Å²) < 4.78 is 29.1. The Kier molecular flexibility index (Phi) is 6.64. The molecule has 1 fully saturated rings. The van der Waals surface area contributed by atoms with Crippen molar-refractivity contribution in [2.24, 2.45) is 5.92 Å². The molecule has 6 nitrogen and oxygen atoms in total. The van der Waals surface area contributed by atoms with Gasteiger partial charge in [0.05, 0.1) is 34.2 Å². The number of alkyl halides is 1. The van der Waals surface area contributed by atoms with Crippen molar-refractivity contribution in [3.63, 3.8) is 0 Å². The molecule has 4 rings (SSSR count). The normalized spacial score (nSPS) is 15.7. The summed E-state index contributed by atoms with van der Waals surface area (Å²) in [5.41, 5.74) is -0.857. The third-order valence-corrected chi connectivity index (χ3v) is 7.17. The van der Waals surface area contributed by atoms with Gasteiger partial charge in [-0.15, -0.1) is 11.3 Å². The van der Waals surface area contributed by atoms with Crippen molar-refractivity contribution in [2.75, 3.05) is 13.1 Å². The molecule has 1 aliphatic heterocycles. The monoisotopic (exact) mass is 549 g/mol. The van der Waals surface area contributed by atoms with Crippen LogP contribution in [0.15, 0.2) is 33.8 Å². The largest absolute Gasteiger partial charge is 0.380 e. The average Bonchev–Trinajstić information content (AvgIpc) is 3.13. The lowest BCUT2D eigenvalue weighted by Gasteiger charge is -2.42. The van der Waals surface area contributed by atoms with Gasteiger partial charge < -0.3 is 10.0 Å². The summed E-state index contributed by atoms with van der Waals surface area (Å²) >= 11 is 4.36. The molecule has 1 aliphatic rings. The van der Waals surface area contributed by atoms with E-state index in [0.29, 0.717) is 20.8 Å². The van der Waals surface area contributed by atoms with Crippen LogP contribution in [0.25, 0.3) is 21.3 Å². The number of amides is 1. The zero-order valence-corrected chi connectivity index (χ0v) is 21.1. The third kappa shape index (κ3) is 4.78. The second kappa shape index (κ2) is 9.21. The Morgan fingerprint density at radius 1 is 1.38 bits per heavy atom. The van der Waals surface area contributed by atoms with Crippen molar-refractivity contribution in [1.82, 2.24) is 14.5 Å². The van der Waals surface area contributed by atoms with Crippen molar-refractivity contribution in [3.05, 3.63) is 50.0 Å². The van der Waals surface area contributed by atoms with E-state index in [1.807, 2.05) is 13.8 Å². The van der Waals surface area contributed by atoms with Crippen LogP contribution in [0.1, 0.15) is 25.6 Å². The zero-order chi connectivity index (χ0) is 24.8. The van der Waals surface area contributed by atoms with Gasteiger partial charge in [0.25, 0.3) is 5.56 Å². The van der Waals surface area contributed by atoms with E-state index in [-0.39, 0.29) is 41.3 Å². The number of hydrogen-bond acceptors (Lipinski definition) is 5.